The minimum absolute atomic E-state index is 0.0259. The number of benzene rings is 2. The fraction of sp³-hybridized carbons (Fsp3) is 0.286. The summed E-state index contributed by atoms with van der Waals surface area (Å²) in [5.74, 6) is -0.127. The minimum Gasteiger partial charge on any atom is -0.331 e. The molecule has 0 bridgehead atoms. The molecule has 0 unspecified atom stereocenters. The number of hydrogen-bond donors (Lipinski definition) is 2. The van der Waals surface area contributed by atoms with E-state index in [1.165, 1.54) is 23.1 Å². The number of carbonyl (C=O) groups excluding carboxylic acids is 1. The van der Waals surface area contributed by atoms with Crippen LogP contribution in [0.3, 0.4) is 0 Å². The Morgan fingerprint density at radius 1 is 1.22 bits per heavy atom. The average Bonchev–Trinajstić information content (AvgIpc) is 3.54. The van der Waals surface area contributed by atoms with Crippen LogP contribution in [0.1, 0.15) is 35.9 Å². The van der Waals surface area contributed by atoms with Crippen molar-refractivity contribution in [3.05, 3.63) is 68.2 Å². The molecule has 4 rings (SSSR count). The van der Waals surface area contributed by atoms with Crippen LogP contribution in [0.2, 0.25) is 10.0 Å². The van der Waals surface area contributed by atoms with Gasteiger partial charge in [-0.15, -0.1) is 0 Å². The highest BCUT2D eigenvalue weighted by atomic mass is 35.5. The molecule has 8 nitrogen and oxygen atoms in total. The van der Waals surface area contributed by atoms with Crippen LogP contribution in [0, 0.1) is 0 Å². The lowest BCUT2D eigenvalue weighted by Gasteiger charge is -2.21. The Morgan fingerprint density at radius 3 is 2.66 bits per heavy atom. The molecule has 0 aliphatic heterocycles. The summed E-state index contributed by atoms with van der Waals surface area (Å²) in [6, 6.07) is 8.81. The Kier molecular flexibility index (Phi) is 6.26. The molecule has 168 valence electrons. The van der Waals surface area contributed by atoms with Crippen LogP contribution in [0.4, 0.5) is 0 Å². The Hall–Kier alpha value is -2.46. The second kappa shape index (κ2) is 8.82. The third-order valence-electron chi connectivity index (χ3n) is 5.09. The molecule has 2 aromatic carbocycles. The molecule has 1 heterocycles. The first-order chi connectivity index (χ1) is 15.2. The van der Waals surface area contributed by atoms with Crippen molar-refractivity contribution in [2.75, 3.05) is 6.54 Å². The van der Waals surface area contributed by atoms with Crippen molar-refractivity contribution in [1.82, 2.24) is 19.6 Å². The molecule has 0 atom stereocenters. The fourth-order valence-corrected chi connectivity index (χ4v) is 5.25. The first-order valence-corrected chi connectivity index (χ1v) is 12.2. The van der Waals surface area contributed by atoms with E-state index < -0.39 is 15.9 Å². The third-order valence-corrected chi connectivity index (χ3v) is 7.33. The number of H-pyrrole nitrogens is 1. The molecule has 1 saturated carbocycles. The molecule has 1 aliphatic rings. The van der Waals surface area contributed by atoms with Crippen molar-refractivity contribution in [1.29, 1.82) is 0 Å². The van der Waals surface area contributed by atoms with E-state index in [4.69, 9.17) is 23.2 Å². The van der Waals surface area contributed by atoms with Crippen molar-refractivity contribution in [3.63, 3.8) is 0 Å². The van der Waals surface area contributed by atoms with E-state index in [-0.39, 0.29) is 39.5 Å². The standard InChI is InChI=1S/C21H20Cl2N4O4S/c1-2-27(11-19-24-17-10-13(22)4-7-15(17)20(28)25-19)21(29)12-3-8-16(23)18(9-12)32(30,31)26-14-5-6-14/h3-4,7-10,14,26H,2,5-6,11H2,1H3,(H,24,25,28). The number of nitrogens with one attached hydrogen (secondary N) is 2. The summed E-state index contributed by atoms with van der Waals surface area (Å²) >= 11 is 12.1. The fourth-order valence-electron chi connectivity index (χ4n) is 3.25. The highest BCUT2D eigenvalue weighted by Gasteiger charge is 2.30. The highest BCUT2D eigenvalue weighted by Crippen LogP contribution is 2.27. The molecular weight excluding hydrogens is 475 g/mol. The number of amides is 1. The first-order valence-electron chi connectivity index (χ1n) is 9.97. The van der Waals surface area contributed by atoms with Crippen LogP contribution in [-0.4, -0.2) is 41.8 Å². The van der Waals surface area contributed by atoms with Gasteiger partial charge in [0, 0.05) is 23.2 Å². The van der Waals surface area contributed by atoms with Crippen molar-refractivity contribution in [2.45, 2.75) is 37.2 Å². The third kappa shape index (κ3) is 4.80. The maximum Gasteiger partial charge on any atom is 0.258 e. The molecule has 2 N–H and O–H groups in total. The van der Waals surface area contributed by atoms with Gasteiger partial charge in [-0.3, -0.25) is 9.59 Å². The van der Waals surface area contributed by atoms with Gasteiger partial charge in [0.2, 0.25) is 10.0 Å². The predicted molar refractivity (Wildman–Crippen MR) is 123 cm³/mol. The van der Waals surface area contributed by atoms with E-state index in [1.54, 1.807) is 25.1 Å². The lowest BCUT2D eigenvalue weighted by molar-refractivity contribution is 0.0748. The SMILES string of the molecule is CCN(Cc1nc2cc(Cl)ccc2c(=O)[nH]1)C(=O)c1ccc(Cl)c(S(=O)(=O)NC2CC2)c1. The number of hydrogen-bond acceptors (Lipinski definition) is 5. The molecule has 1 fully saturated rings. The summed E-state index contributed by atoms with van der Waals surface area (Å²) in [6.07, 6.45) is 1.56. The lowest BCUT2D eigenvalue weighted by atomic mass is 10.2. The van der Waals surface area contributed by atoms with Gasteiger partial charge in [-0.2, -0.15) is 0 Å². The van der Waals surface area contributed by atoms with Gasteiger partial charge < -0.3 is 9.88 Å². The second-order valence-electron chi connectivity index (χ2n) is 7.53. The number of nitrogens with zero attached hydrogens (tertiary/aromatic N) is 2. The quantitative estimate of drug-likeness (QED) is 0.522. The van der Waals surface area contributed by atoms with Crippen LogP contribution >= 0.6 is 23.2 Å². The number of carbonyl (C=O) groups is 1. The number of fused-ring (bicyclic) bond motifs is 1. The van der Waals surface area contributed by atoms with Gasteiger partial charge in [0.15, 0.2) is 0 Å². The first kappa shape index (κ1) is 22.7. The van der Waals surface area contributed by atoms with Crippen molar-refractivity contribution >= 4 is 50.0 Å². The molecule has 32 heavy (non-hydrogen) atoms. The summed E-state index contributed by atoms with van der Waals surface area (Å²) in [5, 5.41) is 0.873. The highest BCUT2D eigenvalue weighted by molar-refractivity contribution is 7.89. The summed E-state index contributed by atoms with van der Waals surface area (Å²) in [4.78, 5) is 33.9. The summed E-state index contributed by atoms with van der Waals surface area (Å²) in [6.45, 7) is 2.11. The molecule has 0 radical (unpaired) electrons. The Morgan fingerprint density at radius 2 is 1.97 bits per heavy atom. The Balaban J connectivity index is 1.63. The molecule has 1 amide bonds. The monoisotopic (exact) mass is 494 g/mol. The maximum atomic E-state index is 13.1. The molecule has 11 heteroatoms. The average molecular weight is 495 g/mol. The van der Waals surface area contributed by atoms with E-state index >= 15 is 0 Å². The molecule has 0 spiro atoms. The number of halogens is 2. The topological polar surface area (TPSA) is 112 Å². The molecule has 1 aliphatic carbocycles. The minimum atomic E-state index is -3.83. The van der Waals surface area contributed by atoms with E-state index in [0.717, 1.165) is 12.8 Å². The zero-order chi connectivity index (χ0) is 23.0. The zero-order valence-corrected chi connectivity index (χ0v) is 19.4. The van der Waals surface area contributed by atoms with Gasteiger partial charge in [0.25, 0.3) is 11.5 Å². The van der Waals surface area contributed by atoms with E-state index in [1.807, 2.05) is 0 Å². The van der Waals surface area contributed by atoms with Gasteiger partial charge in [0.1, 0.15) is 10.7 Å². The predicted octanol–water partition coefficient (Wildman–Crippen LogP) is 3.33. The summed E-state index contributed by atoms with van der Waals surface area (Å²) < 4.78 is 27.8. The Labute approximate surface area is 194 Å². The lowest BCUT2D eigenvalue weighted by Crippen LogP contribution is -2.32. The van der Waals surface area contributed by atoms with E-state index in [0.29, 0.717) is 22.5 Å². The molecule has 3 aromatic rings. The van der Waals surface area contributed by atoms with Crippen LogP contribution in [0.15, 0.2) is 46.1 Å². The van der Waals surface area contributed by atoms with Crippen LogP contribution in [-0.2, 0) is 16.6 Å². The van der Waals surface area contributed by atoms with Crippen LogP contribution in [0.25, 0.3) is 10.9 Å². The number of sulfonamides is 1. The van der Waals surface area contributed by atoms with Gasteiger partial charge in [-0.25, -0.2) is 18.1 Å². The molecule has 1 aromatic heterocycles. The van der Waals surface area contributed by atoms with Crippen molar-refractivity contribution in [3.8, 4) is 0 Å². The zero-order valence-electron chi connectivity index (χ0n) is 17.1. The van der Waals surface area contributed by atoms with Gasteiger partial charge in [0.05, 0.1) is 22.5 Å². The normalized spacial score (nSPS) is 14.0. The summed E-state index contributed by atoms with van der Waals surface area (Å²) in [5.41, 5.74) is 0.251. The van der Waals surface area contributed by atoms with Gasteiger partial charge in [-0.05, 0) is 56.2 Å². The maximum absolute atomic E-state index is 13.1. The molecular formula is C21H20Cl2N4O4S. The van der Waals surface area contributed by atoms with Crippen molar-refractivity contribution < 1.29 is 13.2 Å². The number of aromatic nitrogens is 2. The largest absolute Gasteiger partial charge is 0.331 e. The van der Waals surface area contributed by atoms with Gasteiger partial charge in [-0.1, -0.05) is 23.2 Å². The van der Waals surface area contributed by atoms with Crippen LogP contribution in [0.5, 0.6) is 0 Å². The number of rotatable bonds is 7. The number of aromatic amines is 1. The smallest absolute Gasteiger partial charge is 0.258 e. The van der Waals surface area contributed by atoms with Crippen molar-refractivity contribution in [2.24, 2.45) is 0 Å². The van der Waals surface area contributed by atoms with E-state index in [9.17, 15) is 18.0 Å². The second-order valence-corrected chi connectivity index (χ2v) is 10.1. The summed E-state index contributed by atoms with van der Waals surface area (Å²) in [7, 11) is -3.83. The Bertz CT molecular complexity index is 1370. The molecule has 0 saturated heterocycles. The van der Waals surface area contributed by atoms with Crippen LogP contribution < -0.4 is 10.3 Å². The van der Waals surface area contributed by atoms with E-state index in [2.05, 4.69) is 14.7 Å². The van der Waals surface area contributed by atoms with Gasteiger partial charge >= 0.3 is 0 Å².